The zero-order chi connectivity index (χ0) is 7.78. The maximum Gasteiger partial charge on any atom is 0.0527 e. The molecule has 0 radical (unpaired) electrons. The van der Waals surface area contributed by atoms with Crippen LogP contribution in [0.3, 0.4) is 0 Å². The summed E-state index contributed by atoms with van der Waals surface area (Å²) in [6.07, 6.45) is 1.90. The Morgan fingerprint density at radius 3 is 2.09 bits per heavy atom. The number of aryl methyl sites for hydroxylation is 1. The molecule has 2 heteroatoms. The molecule has 0 unspecified atom stereocenters. The molecule has 1 N–H and O–H groups in total. The average Bonchev–Trinajstić information content (AvgIpc) is 2.11. The summed E-state index contributed by atoms with van der Waals surface area (Å²) in [6, 6.07) is 0. The summed E-state index contributed by atoms with van der Waals surface area (Å²) in [5.41, 5.74) is 2.69. The third kappa shape index (κ3) is 2.07. The molecule has 64 valence electrons. The van der Waals surface area contributed by atoms with Crippen LogP contribution in [-0.4, -0.2) is 10.2 Å². The molecule has 0 bridgehead atoms. The number of H-pyrrole nitrogens is 1. The Hall–Kier alpha value is -0.790. The summed E-state index contributed by atoms with van der Waals surface area (Å²) >= 11 is 0. The van der Waals surface area contributed by atoms with Crippen LogP contribution in [0.15, 0.2) is 6.20 Å². The van der Waals surface area contributed by atoms with Crippen LogP contribution in [0.2, 0.25) is 0 Å². The van der Waals surface area contributed by atoms with Gasteiger partial charge in [0.1, 0.15) is 0 Å². The zero-order valence-electron chi connectivity index (χ0n) is 7.02. The van der Waals surface area contributed by atoms with Crippen molar-refractivity contribution in [3.63, 3.8) is 0 Å². The summed E-state index contributed by atoms with van der Waals surface area (Å²) in [5.74, 6) is 0. The quantitative estimate of drug-likeness (QED) is 0.611. The van der Waals surface area contributed by atoms with E-state index in [2.05, 4.69) is 31.0 Å². The summed E-state index contributed by atoms with van der Waals surface area (Å²) in [5, 5.41) is 6.89. The first-order valence-corrected chi connectivity index (χ1v) is 3.52. The molecular formula is C9H18N2. The third-order valence-corrected chi connectivity index (χ3v) is 1.64. The summed E-state index contributed by atoms with van der Waals surface area (Å²) in [6.45, 7) is 8.61. The first-order valence-electron chi connectivity index (χ1n) is 3.52. The largest absolute Gasteiger partial charge is 0.283 e. The van der Waals surface area contributed by atoms with Gasteiger partial charge in [-0.05, 0) is 17.9 Å². The highest BCUT2D eigenvalue weighted by molar-refractivity contribution is 5.22. The van der Waals surface area contributed by atoms with Crippen LogP contribution in [0.25, 0.3) is 0 Å². The number of hydrogen-bond acceptors (Lipinski definition) is 1. The van der Waals surface area contributed by atoms with Crippen molar-refractivity contribution in [3.8, 4) is 0 Å². The van der Waals surface area contributed by atoms with E-state index < -0.39 is 0 Å². The van der Waals surface area contributed by atoms with E-state index in [0.717, 1.165) is 0 Å². The lowest BCUT2D eigenvalue weighted by molar-refractivity contribution is 0.586. The second kappa shape index (κ2) is 3.07. The SMILES string of the molecule is C.Cc1[nH]ncc1C(C)(C)C. The van der Waals surface area contributed by atoms with Gasteiger partial charge in [0.2, 0.25) is 0 Å². The van der Waals surface area contributed by atoms with Gasteiger partial charge in [0.05, 0.1) is 6.20 Å². The fourth-order valence-corrected chi connectivity index (χ4v) is 1.11. The van der Waals surface area contributed by atoms with E-state index in [1.807, 2.05) is 13.1 Å². The van der Waals surface area contributed by atoms with Crippen LogP contribution < -0.4 is 0 Å². The van der Waals surface area contributed by atoms with Gasteiger partial charge in [-0.25, -0.2) is 0 Å². The first kappa shape index (κ1) is 10.2. The Morgan fingerprint density at radius 1 is 1.36 bits per heavy atom. The van der Waals surface area contributed by atoms with Gasteiger partial charge in [-0.1, -0.05) is 28.2 Å². The maximum atomic E-state index is 3.96. The predicted octanol–water partition coefficient (Wildman–Crippen LogP) is 2.65. The summed E-state index contributed by atoms with van der Waals surface area (Å²) in [4.78, 5) is 0. The van der Waals surface area contributed by atoms with Crippen molar-refractivity contribution in [1.29, 1.82) is 0 Å². The van der Waals surface area contributed by atoms with E-state index in [9.17, 15) is 0 Å². The van der Waals surface area contributed by atoms with Gasteiger partial charge in [-0.3, -0.25) is 5.10 Å². The normalized spacial score (nSPS) is 10.9. The molecule has 0 aliphatic heterocycles. The standard InChI is InChI=1S/C8H14N2.CH4/c1-6-7(5-9-10-6)8(2,3)4;/h5H,1-4H3,(H,9,10);1H4. The number of aromatic nitrogens is 2. The number of rotatable bonds is 0. The van der Waals surface area contributed by atoms with E-state index >= 15 is 0 Å². The fraction of sp³-hybridized carbons (Fsp3) is 0.667. The van der Waals surface area contributed by atoms with Crippen LogP contribution in [0.1, 0.15) is 39.5 Å². The Kier molecular flexibility index (Phi) is 2.85. The molecule has 1 rings (SSSR count). The molecule has 0 saturated heterocycles. The fourth-order valence-electron chi connectivity index (χ4n) is 1.11. The van der Waals surface area contributed by atoms with Crippen molar-refractivity contribution >= 4 is 0 Å². The minimum atomic E-state index is 0. The van der Waals surface area contributed by atoms with Crippen molar-refractivity contribution in [1.82, 2.24) is 10.2 Å². The van der Waals surface area contributed by atoms with Gasteiger partial charge in [0.25, 0.3) is 0 Å². The molecule has 0 amide bonds. The van der Waals surface area contributed by atoms with Gasteiger partial charge in [-0.15, -0.1) is 0 Å². The lowest BCUT2D eigenvalue weighted by Gasteiger charge is -2.16. The van der Waals surface area contributed by atoms with E-state index in [1.54, 1.807) is 0 Å². The Morgan fingerprint density at radius 2 is 1.91 bits per heavy atom. The molecule has 0 aliphatic rings. The summed E-state index contributed by atoms with van der Waals surface area (Å²) in [7, 11) is 0. The average molecular weight is 154 g/mol. The Bertz CT molecular complexity index is 218. The van der Waals surface area contributed by atoms with Crippen LogP contribution in [0.5, 0.6) is 0 Å². The molecule has 0 aliphatic carbocycles. The molecule has 1 heterocycles. The van der Waals surface area contributed by atoms with Crippen molar-refractivity contribution < 1.29 is 0 Å². The minimum absolute atomic E-state index is 0. The van der Waals surface area contributed by atoms with Crippen molar-refractivity contribution in [2.75, 3.05) is 0 Å². The molecule has 0 atom stereocenters. The molecule has 11 heavy (non-hydrogen) atoms. The monoisotopic (exact) mass is 154 g/mol. The smallest absolute Gasteiger partial charge is 0.0527 e. The molecule has 0 aromatic carbocycles. The number of hydrogen-bond donors (Lipinski definition) is 1. The lowest BCUT2D eigenvalue weighted by Crippen LogP contribution is -2.11. The predicted molar refractivity (Wildman–Crippen MR) is 48.8 cm³/mol. The van der Waals surface area contributed by atoms with Crippen LogP contribution in [-0.2, 0) is 5.41 Å². The topological polar surface area (TPSA) is 28.7 Å². The third-order valence-electron chi connectivity index (χ3n) is 1.64. The first-order chi connectivity index (χ1) is 4.52. The number of nitrogens with one attached hydrogen (secondary N) is 1. The van der Waals surface area contributed by atoms with E-state index in [4.69, 9.17) is 0 Å². The van der Waals surface area contributed by atoms with E-state index in [1.165, 1.54) is 11.3 Å². The molecule has 0 fully saturated rings. The highest BCUT2D eigenvalue weighted by Crippen LogP contribution is 2.22. The molecule has 0 saturated carbocycles. The number of aromatic amines is 1. The second-order valence-electron chi connectivity index (χ2n) is 3.66. The second-order valence-corrected chi connectivity index (χ2v) is 3.66. The van der Waals surface area contributed by atoms with Crippen LogP contribution in [0.4, 0.5) is 0 Å². The van der Waals surface area contributed by atoms with E-state index in [-0.39, 0.29) is 12.8 Å². The van der Waals surface area contributed by atoms with Crippen molar-refractivity contribution in [2.24, 2.45) is 0 Å². The van der Waals surface area contributed by atoms with Crippen LogP contribution in [0, 0.1) is 6.92 Å². The molecular weight excluding hydrogens is 136 g/mol. The minimum Gasteiger partial charge on any atom is -0.283 e. The van der Waals surface area contributed by atoms with Crippen molar-refractivity contribution in [2.45, 2.75) is 40.5 Å². The van der Waals surface area contributed by atoms with Gasteiger partial charge < -0.3 is 0 Å². The molecule has 1 aromatic rings. The van der Waals surface area contributed by atoms with Gasteiger partial charge in [-0.2, -0.15) is 5.10 Å². The zero-order valence-corrected chi connectivity index (χ0v) is 7.02. The molecule has 0 spiro atoms. The van der Waals surface area contributed by atoms with Gasteiger partial charge >= 0.3 is 0 Å². The number of nitrogens with zero attached hydrogens (tertiary/aromatic N) is 1. The van der Waals surface area contributed by atoms with Crippen molar-refractivity contribution in [3.05, 3.63) is 17.5 Å². The highest BCUT2D eigenvalue weighted by atomic mass is 15.1. The van der Waals surface area contributed by atoms with Gasteiger partial charge in [0, 0.05) is 5.69 Å². The van der Waals surface area contributed by atoms with Crippen LogP contribution >= 0.6 is 0 Å². The lowest BCUT2D eigenvalue weighted by atomic mass is 9.88. The van der Waals surface area contributed by atoms with E-state index in [0.29, 0.717) is 0 Å². The Balaban J connectivity index is 0.000001000. The highest BCUT2D eigenvalue weighted by Gasteiger charge is 2.16. The maximum absolute atomic E-state index is 3.96. The molecule has 2 nitrogen and oxygen atoms in total. The Labute approximate surface area is 69.0 Å². The van der Waals surface area contributed by atoms with Gasteiger partial charge in [0.15, 0.2) is 0 Å². The summed E-state index contributed by atoms with van der Waals surface area (Å²) < 4.78 is 0. The molecule has 1 aromatic heterocycles.